The standard InChI is InChI=1S/C13H10FN3O.C12H24N2O/c14-10-3-1-9(2-4-10)12(15)5-6-13-16-7-11(8-18)17-13;1-12(2,3)6-5-11(15)14-9-7-13(4)8-10-14/h1-8,15H,(H,16,17);5-10H2,1-4H3/b6-5-,15-12?;. The van der Waals surface area contributed by atoms with Gasteiger partial charge in [0.1, 0.15) is 11.6 Å². The molecule has 0 radical (unpaired) electrons. The molecule has 8 heteroatoms. The first kappa shape index (κ1) is 26.1. The fourth-order valence-corrected chi connectivity index (χ4v) is 3.08. The summed E-state index contributed by atoms with van der Waals surface area (Å²) in [5.74, 6) is 0.485. The number of hydrogen-bond acceptors (Lipinski definition) is 5. The van der Waals surface area contributed by atoms with Crippen LogP contribution in [-0.4, -0.2) is 70.9 Å². The summed E-state index contributed by atoms with van der Waals surface area (Å²) in [6, 6.07) is 5.66. The van der Waals surface area contributed by atoms with Gasteiger partial charge < -0.3 is 20.2 Å². The molecule has 0 bridgehead atoms. The fourth-order valence-electron chi connectivity index (χ4n) is 3.08. The minimum Gasteiger partial charge on any atom is -0.340 e. The van der Waals surface area contributed by atoms with Gasteiger partial charge in [-0.2, -0.15) is 0 Å². The van der Waals surface area contributed by atoms with E-state index in [0.717, 1.165) is 32.6 Å². The maximum Gasteiger partial charge on any atom is 0.222 e. The van der Waals surface area contributed by atoms with Crippen LogP contribution in [0.15, 0.2) is 36.5 Å². The number of H-pyrrole nitrogens is 1. The summed E-state index contributed by atoms with van der Waals surface area (Å²) in [6.07, 6.45) is 6.87. The molecular formula is C25H34FN5O2. The summed E-state index contributed by atoms with van der Waals surface area (Å²) in [5.41, 5.74) is 1.49. The molecule has 1 aliphatic rings. The number of halogens is 1. The van der Waals surface area contributed by atoms with Crippen molar-refractivity contribution < 1.29 is 14.0 Å². The van der Waals surface area contributed by atoms with E-state index in [2.05, 4.69) is 42.7 Å². The first-order valence-electron chi connectivity index (χ1n) is 11.1. The Bertz CT molecular complexity index is 952. The van der Waals surface area contributed by atoms with Crippen molar-refractivity contribution in [3.63, 3.8) is 0 Å². The first-order valence-corrected chi connectivity index (χ1v) is 11.1. The molecule has 1 amide bonds. The summed E-state index contributed by atoms with van der Waals surface area (Å²) in [5, 5.41) is 7.78. The monoisotopic (exact) mass is 455 g/mol. The van der Waals surface area contributed by atoms with E-state index in [0.29, 0.717) is 35.7 Å². The molecule has 2 N–H and O–H groups in total. The summed E-state index contributed by atoms with van der Waals surface area (Å²) >= 11 is 0. The molecule has 1 aliphatic heterocycles. The van der Waals surface area contributed by atoms with Crippen LogP contribution in [0.3, 0.4) is 0 Å². The van der Waals surface area contributed by atoms with Crippen molar-refractivity contribution in [2.45, 2.75) is 33.6 Å². The second kappa shape index (κ2) is 12.2. The Hall–Kier alpha value is -3.13. The second-order valence-corrected chi connectivity index (χ2v) is 9.34. The number of imidazole rings is 1. The van der Waals surface area contributed by atoms with E-state index in [1.54, 1.807) is 6.08 Å². The fraction of sp³-hybridized carbons (Fsp3) is 0.440. The lowest BCUT2D eigenvalue weighted by Gasteiger charge is -2.33. The quantitative estimate of drug-likeness (QED) is 0.508. The van der Waals surface area contributed by atoms with E-state index in [4.69, 9.17) is 5.41 Å². The molecule has 0 unspecified atom stereocenters. The van der Waals surface area contributed by atoms with Crippen LogP contribution in [0.25, 0.3) is 6.08 Å². The molecule has 1 aromatic carbocycles. The average molecular weight is 456 g/mol. The van der Waals surface area contributed by atoms with E-state index in [-0.39, 0.29) is 16.9 Å². The van der Waals surface area contributed by atoms with Crippen molar-refractivity contribution in [1.29, 1.82) is 5.41 Å². The van der Waals surface area contributed by atoms with Crippen molar-refractivity contribution >= 4 is 24.0 Å². The minimum atomic E-state index is -0.336. The zero-order chi connectivity index (χ0) is 24.4. The highest BCUT2D eigenvalue weighted by molar-refractivity contribution is 6.08. The smallest absolute Gasteiger partial charge is 0.222 e. The van der Waals surface area contributed by atoms with Crippen molar-refractivity contribution in [3.8, 4) is 0 Å². The van der Waals surface area contributed by atoms with E-state index < -0.39 is 0 Å². The molecule has 2 heterocycles. The topological polar surface area (TPSA) is 93.2 Å². The Balaban J connectivity index is 0.000000238. The number of amides is 1. The highest BCUT2D eigenvalue weighted by Crippen LogP contribution is 2.21. The van der Waals surface area contributed by atoms with Gasteiger partial charge in [0.25, 0.3) is 0 Å². The number of hydrogen-bond donors (Lipinski definition) is 2. The van der Waals surface area contributed by atoms with Crippen LogP contribution in [0.2, 0.25) is 0 Å². The number of piperazine rings is 1. The van der Waals surface area contributed by atoms with Gasteiger partial charge in [-0.25, -0.2) is 9.37 Å². The molecular weight excluding hydrogens is 421 g/mol. The molecule has 2 aromatic rings. The number of allylic oxidation sites excluding steroid dienone is 1. The van der Waals surface area contributed by atoms with Gasteiger partial charge in [0.05, 0.1) is 17.6 Å². The zero-order valence-corrected chi connectivity index (χ0v) is 19.9. The molecule has 178 valence electrons. The van der Waals surface area contributed by atoms with E-state index in [1.165, 1.54) is 36.5 Å². The molecule has 0 aliphatic carbocycles. The van der Waals surface area contributed by atoms with Crippen LogP contribution in [0.1, 0.15) is 55.5 Å². The number of aldehydes is 1. The van der Waals surface area contributed by atoms with Gasteiger partial charge in [0.2, 0.25) is 5.91 Å². The summed E-state index contributed by atoms with van der Waals surface area (Å²) in [4.78, 5) is 33.3. The molecule has 3 rings (SSSR count). The van der Waals surface area contributed by atoms with Gasteiger partial charge in [0, 0.05) is 32.6 Å². The summed E-state index contributed by atoms with van der Waals surface area (Å²) < 4.78 is 12.7. The lowest BCUT2D eigenvalue weighted by atomic mass is 9.90. The molecule has 1 aromatic heterocycles. The maximum atomic E-state index is 12.7. The highest BCUT2D eigenvalue weighted by atomic mass is 19.1. The Morgan fingerprint density at radius 2 is 1.82 bits per heavy atom. The Kier molecular flexibility index (Phi) is 9.66. The van der Waals surface area contributed by atoms with Crippen molar-refractivity contribution in [3.05, 3.63) is 59.4 Å². The summed E-state index contributed by atoms with van der Waals surface area (Å²) in [7, 11) is 2.11. The molecule has 7 nitrogen and oxygen atoms in total. The molecule has 0 saturated carbocycles. The van der Waals surface area contributed by atoms with Gasteiger partial charge in [-0.05, 0) is 60.9 Å². The van der Waals surface area contributed by atoms with Crippen molar-refractivity contribution in [2.24, 2.45) is 5.41 Å². The number of nitrogens with one attached hydrogen (secondary N) is 2. The van der Waals surface area contributed by atoms with Gasteiger partial charge in [0.15, 0.2) is 6.29 Å². The number of benzene rings is 1. The van der Waals surface area contributed by atoms with Crippen LogP contribution in [-0.2, 0) is 4.79 Å². The molecule has 0 spiro atoms. The Labute approximate surface area is 195 Å². The van der Waals surface area contributed by atoms with Crippen LogP contribution < -0.4 is 0 Å². The summed E-state index contributed by atoms with van der Waals surface area (Å²) in [6.45, 7) is 10.4. The van der Waals surface area contributed by atoms with Gasteiger partial charge in [-0.1, -0.05) is 20.8 Å². The Morgan fingerprint density at radius 3 is 2.36 bits per heavy atom. The minimum absolute atomic E-state index is 0.235. The van der Waals surface area contributed by atoms with Crippen molar-refractivity contribution in [2.75, 3.05) is 33.2 Å². The first-order chi connectivity index (χ1) is 15.6. The number of nitrogens with zero attached hydrogens (tertiary/aromatic N) is 3. The predicted octanol–water partition coefficient (Wildman–Crippen LogP) is 4.03. The van der Waals surface area contributed by atoms with Crippen LogP contribution in [0.4, 0.5) is 4.39 Å². The number of aromatic nitrogens is 2. The third-order valence-corrected chi connectivity index (χ3v) is 5.25. The average Bonchev–Trinajstić information content (AvgIpc) is 3.25. The maximum absolute atomic E-state index is 12.7. The van der Waals surface area contributed by atoms with Crippen LogP contribution >= 0.6 is 0 Å². The van der Waals surface area contributed by atoms with Crippen LogP contribution in [0, 0.1) is 16.6 Å². The second-order valence-electron chi connectivity index (χ2n) is 9.34. The number of aromatic amines is 1. The van der Waals surface area contributed by atoms with E-state index in [9.17, 15) is 14.0 Å². The van der Waals surface area contributed by atoms with Gasteiger partial charge >= 0.3 is 0 Å². The third kappa shape index (κ3) is 9.49. The molecule has 33 heavy (non-hydrogen) atoms. The number of rotatable bonds is 6. The lowest BCUT2D eigenvalue weighted by Crippen LogP contribution is -2.47. The SMILES string of the molecule is CN1CCN(C(=O)CCC(C)(C)C)CC1.N=C(/C=C\c1ncc(C=O)[nH]1)c1ccc(F)cc1. The zero-order valence-electron chi connectivity index (χ0n) is 19.9. The predicted molar refractivity (Wildman–Crippen MR) is 129 cm³/mol. The number of carbonyl (C=O) groups is 2. The van der Waals surface area contributed by atoms with E-state index in [1.807, 2.05) is 4.90 Å². The molecule has 0 atom stereocenters. The normalized spacial score (nSPS) is 14.6. The molecule has 1 saturated heterocycles. The number of likely N-dealkylation sites (N-methyl/N-ethyl adjacent to an activating group) is 1. The van der Waals surface area contributed by atoms with Gasteiger partial charge in [-0.15, -0.1) is 0 Å². The largest absolute Gasteiger partial charge is 0.340 e. The molecule has 1 fully saturated rings. The lowest BCUT2D eigenvalue weighted by molar-refractivity contribution is -0.133. The number of carbonyl (C=O) groups excluding carboxylic acids is 2. The highest BCUT2D eigenvalue weighted by Gasteiger charge is 2.20. The third-order valence-electron chi connectivity index (χ3n) is 5.25. The Morgan fingerprint density at radius 1 is 1.18 bits per heavy atom. The van der Waals surface area contributed by atoms with Crippen molar-refractivity contribution in [1.82, 2.24) is 19.8 Å². The van der Waals surface area contributed by atoms with Crippen LogP contribution in [0.5, 0.6) is 0 Å². The van der Waals surface area contributed by atoms with Gasteiger partial charge in [-0.3, -0.25) is 9.59 Å². The van der Waals surface area contributed by atoms with E-state index >= 15 is 0 Å².